The van der Waals surface area contributed by atoms with Gasteiger partial charge in [0.1, 0.15) is 0 Å². The molecule has 0 saturated heterocycles. The van der Waals surface area contributed by atoms with Crippen molar-refractivity contribution in [3.63, 3.8) is 0 Å². The number of nitrogens with one attached hydrogen (secondary N) is 2. The van der Waals surface area contributed by atoms with Gasteiger partial charge in [-0.05, 0) is 43.8 Å². The van der Waals surface area contributed by atoms with Crippen LogP contribution in [0.15, 0.2) is 36.5 Å². The largest absolute Gasteiger partial charge is 0.477 e. The molecule has 0 atom stereocenters. The summed E-state index contributed by atoms with van der Waals surface area (Å²) >= 11 is 0. The molecule has 0 aliphatic rings. The maximum atomic E-state index is 12.0. The minimum Gasteiger partial charge on any atom is -0.477 e. The van der Waals surface area contributed by atoms with Crippen molar-refractivity contribution in [2.45, 2.75) is 6.42 Å². The van der Waals surface area contributed by atoms with Crippen molar-refractivity contribution in [2.75, 3.05) is 20.1 Å². The summed E-state index contributed by atoms with van der Waals surface area (Å²) in [6.45, 7) is 1.32. The van der Waals surface area contributed by atoms with E-state index < -0.39 is 21.9 Å². The zero-order valence-electron chi connectivity index (χ0n) is 14.1. The fourth-order valence-electron chi connectivity index (χ4n) is 2.44. The van der Waals surface area contributed by atoms with E-state index in [4.69, 9.17) is 5.14 Å². The Balaban J connectivity index is 2.25. The Bertz CT molecular complexity index is 903. The topological polar surface area (TPSA) is 144 Å². The van der Waals surface area contributed by atoms with E-state index in [2.05, 4.69) is 10.6 Å². The zero-order valence-corrected chi connectivity index (χ0v) is 14.9. The van der Waals surface area contributed by atoms with Crippen molar-refractivity contribution in [1.29, 1.82) is 0 Å². The number of aromatic nitrogens is 1. The molecule has 5 N–H and O–H groups in total. The fraction of sp³-hybridized carbons (Fsp3) is 0.250. The van der Waals surface area contributed by atoms with Crippen molar-refractivity contribution in [3.05, 3.63) is 47.8 Å². The summed E-state index contributed by atoms with van der Waals surface area (Å²) in [4.78, 5) is 23.5. The lowest BCUT2D eigenvalue weighted by Crippen LogP contribution is -2.26. The number of carboxylic acids is 1. The highest BCUT2D eigenvalue weighted by Gasteiger charge is 2.22. The number of hydrogen-bond donors (Lipinski definition) is 4. The number of nitrogens with zero attached hydrogens (tertiary/aromatic N) is 1. The van der Waals surface area contributed by atoms with Crippen molar-refractivity contribution in [2.24, 2.45) is 5.14 Å². The summed E-state index contributed by atoms with van der Waals surface area (Å²) in [6, 6.07) is 7.54. The van der Waals surface area contributed by atoms with Crippen molar-refractivity contribution in [3.8, 4) is 11.1 Å². The Morgan fingerprint density at radius 1 is 1.15 bits per heavy atom. The van der Waals surface area contributed by atoms with Crippen LogP contribution in [-0.2, 0) is 10.2 Å². The number of carbonyl (C=O) groups is 2. The van der Waals surface area contributed by atoms with Crippen molar-refractivity contribution >= 4 is 22.1 Å². The molecule has 0 aliphatic carbocycles. The predicted octanol–water partition coefficient (Wildman–Crippen LogP) is 0.244. The third kappa shape index (κ3) is 4.48. The lowest BCUT2D eigenvalue weighted by molar-refractivity contribution is 0.0690. The van der Waals surface area contributed by atoms with Gasteiger partial charge >= 0.3 is 16.2 Å². The van der Waals surface area contributed by atoms with E-state index in [0.717, 1.165) is 19.2 Å². The number of benzene rings is 1. The number of hydrogen-bond acceptors (Lipinski definition) is 5. The molecule has 0 radical (unpaired) electrons. The molecule has 9 nitrogen and oxygen atoms in total. The van der Waals surface area contributed by atoms with Gasteiger partial charge in [0, 0.05) is 23.9 Å². The number of rotatable bonds is 8. The predicted molar refractivity (Wildman–Crippen MR) is 96.2 cm³/mol. The zero-order chi connectivity index (χ0) is 19.3. The molecule has 0 fully saturated rings. The van der Waals surface area contributed by atoms with Crippen LogP contribution in [0.1, 0.15) is 27.3 Å². The molecule has 0 bridgehead atoms. The second-order valence-corrected chi connectivity index (χ2v) is 6.94. The molecule has 1 aromatic heterocycles. The maximum absolute atomic E-state index is 12.0. The molecule has 0 spiro atoms. The first kappa shape index (κ1) is 19.6. The molecular weight excluding hydrogens is 360 g/mol. The number of carboxylic acid groups (broad SMARTS) is 1. The van der Waals surface area contributed by atoms with Gasteiger partial charge in [-0.2, -0.15) is 8.42 Å². The monoisotopic (exact) mass is 380 g/mol. The molecule has 26 heavy (non-hydrogen) atoms. The molecular formula is C16H20N4O5S. The van der Waals surface area contributed by atoms with Gasteiger partial charge in [0.05, 0.1) is 0 Å². The lowest BCUT2D eigenvalue weighted by Gasteiger charge is -2.07. The van der Waals surface area contributed by atoms with Crippen LogP contribution in [0, 0.1) is 0 Å². The van der Waals surface area contributed by atoms with E-state index in [9.17, 15) is 23.1 Å². The lowest BCUT2D eigenvalue weighted by atomic mass is 10.0. The van der Waals surface area contributed by atoms with Gasteiger partial charge in [-0.25, -0.2) is 13.9 Å². The van der Waals surface area contributed by atoms with Gasteiger partial charge in [-0.1, -0.05) is 12.1 Å². The summed E-state index contributed by atoms with van der Waals surface area (Å²) in [6.07, 6.45) is 1.87. The molecule has 10 heteroatoms. The molecule has 1 heterocycles. The number of aromatic carboxylic acids is 1. The summed E-state index contributed by atoms with van der Waals surface area (Å²) in [5.41, 5.74) is 0.599. The van der Waals surface area contributed by atoms with Crippen LogP contribution in [0.25, 0.3) is 11.1 Å². The van der Waals surface area contributed by atoms with Crippen molar-refractivity contribution < 1.29 is 23.1 Å². The minimum absolute atomic E-state index is 0.188. The highest BCUT2D eigenvalue weighted by Crippen LogP contribution is 2.26. The van der Waals surface area contributed by atoms with Crippen molar-refractivity contribution in [1.82, 2.24) is 14.6 Å². The SMILES string of the molecule is CNCCCNC(=O)c1ccc(-c2ccn(S(N)(=O)=O)c2C(=O)O)cc1. The smallest absolute Gasteiger partial charge is 0.354 e. The summed E-state index contributed by atoms with van der Waals surface area (Å²) < 4.78 is 23.5. The van der Waals surface area contributed by atoms with Gasteiger partial charge < -0.3 is 15.7 Å². The molecule has 0 aliphatic heterocycles. The van der Waals surface area contributed by atoms with E-state index in [1.165, 1.54) is 6.07 Å². The number of nitrogens with two attached hydrogens (primary N) is 1. The number of carbonyl (C=O) groups excluding carboxylic acids is 1. The highest BCUT2D eigenvalue weighted by molar-refractivity contribution is 7.87. The average molecular weight is 380 g/mol. The van der Waals surface area contributed by atoms with Crippen LogP contribution in [0.3, 0.4) is 0 Å². The maximum Gasteiger partial charge on any atom is 0.354 e. The van der Waals surface area contributed by atoms with E-state index in [0.29, 0.717) is 21.6 Å². The van der Waals surface area contributed by atoms with E-state index in [-0.39, 0.29) is 11.5 Å². The van der Waals surface area contributed by atoms with Crippen LogP contribution in [-0.4, -0.2) is 49.5 Å². The molecule has 0 saturated carbocycles. The molecule has 2 rings (SSSR count). The Labute approximate surface area is 151 Å². The van der Waals surface area contributed by atoms with E-state index in [1.807, 2.05) is 7.05 Å². The van der Waals surface area contributed by atoms with E-state index in [1.54, 1.807) is 24.3 Å². The molecule has 1 amide bonds. The Morgan fingerprint density at radius 3 is 2.35 bits per heavy atom. The Morgan fingerprint density at radius 2 is 1.81 bits per heavy atom. The second kappa shape index (κ2) is 8.13. The van der Waals surface area contributed by atoms with Crippen LogP contribution in [0.5, 0.6) is 0 Å². The first-order valence-electron chi connectivity index (χ1n) is 7.77. The van der Waals surface area contributed by atoms with Crippen LogP contribution in [0.2, 0.25) is 0 Å². The first-order valence-corrected chi connectivity index (χ1v) is 9.27. The van der Waals surface area contributed by atoms with E-state index >= 15 is 0 Å². The molecule has 1 aromatic carbocycles. The Kier molecular flexibility index (Phi) is 6.14. The average Bonchev–Trinajstić information content (AvgIpc) is 3.04. The Hall–Kier alpha value is -2.69. The van der Waals surface area contributed by atoms with Gasteiger partial charge in [-0.3, -0.25) is 4.79 Å². The second-order valence-electron chi connectivity index (χ2n) is 5.51. The number of amides is 1. The van der Waals surface area contributed by atoms with Crippen LogP contribution < -0.4 is 15.8 Å². The molecule has 2 aromatic rings. The van der Waals surface area contributed by atoms with Gasteiger partial charge in [-0.15, -0.1) is 0 Å². The summed E-state index contributed by atoms with van der Waals surface area (Å²) in [5.74, 6) is -1.67. The van der Waals surface area contributed by atoms with Gasteiger partial charge in [0.2, 0.25) is 0 Å². The molecule has 0 unspecified atom stereocenters. The minimum atomic E-state index is -4.24. The third-order valence-corrected chi connectivity index (χ3v) is 4.53. The van der Waals surface area contributed by atoms with Crippen LogP contribution in [0.4, 0.5) is 0 Å². The van der Waals surface area contributed by atoms with Gasteiger partial charge in [0.25, 0.3) is 5.91 Å². The fourth-order valence-corrected chi connectivity index (χ4v) is 3.10. The normalized spacial score (nSPS) is 11.3. The highest BCUT2D eigenvalue weighted by atomic mass is 32.2. The first-order chi connectivity index (χ1) is 12.3. The summed E-state index contributed by atoms with van der Waals surface area (Å²) in [5, 5.41) is 20.1. The summed E-state index contributed by atoms with van der Waals surface area (Å²) in [7, 11) is -2.41. The molecule has 140 valence electrons. The quantitative estimate of drug-likeness (QED) is 0.483. The van der Waals surface area contributed by atoms with Gasteiger partial charge in [0.15, 0.2) is 5.69 Å². The standard InChI is InChI=1S/C16H20N4O5S/c1-18-8-2-9-19-15(21)12-5-3-11(4-6-12)13-7-10-20(26(17,24)25)14(13)16(22)23/h3-7,10,18H,2,8-9H2,1H3,(H,19,21)(H,22,23)(H2,17,24,25). The third-order valence-electron chi connectivity index (χ3n) is 3.68. The van der Waals surface area contributed by atoms with Crippen LogP contribution >= 0.6 is 0 Å².